The molecule has 8 heteroatoms. The minimum absolute atomic E-state index is 0.0178. The van der Waals surface area contributed by atoms with Gasteiger partial charge in [-0.05, 0) is 19.1 Å². The predicted octanol–water partition coefficient (Wildman–Crippen LogP) is 1.45. The molecule has 2 aromatic rings. The Hall–Kier alpha value is -3.29. The summed E-state index contributed by atoms with van der Waals surface area (Å²) in [7, 11) is 0. The molecule has 2 heterocycles. The highest BCUT2D eigenvalue weighted by atomic mass is 16.5. The smallest absolute Gasteiger partial charge is 0.355 e. The number of rotatable bonds is 5. The van der Waals surface area contributed by atoms with Gasteiger partial charge in [0.25, 0.3) is 0 Å². The number of hydrogen-bond acceptors (Lipinski definition) is 5. The molecule has 0 fully saturated rings. The number of aromatic nitrogens is 1. The fourth-order valence-corrected chi connectivity index (χ4v) is 2.47. The number of fused-ring (bicyclic) bond motifs is 1. The van der Waals surface area contributed by atoms with E-state index in [0.717, 1.165) is 10.9 Å². The lowest BCUT2D eigenvalue weighted by molar-refractivity contribution is -0.138. The van der Waals surface area contributed by atoms with Crippen LogP contribution < -0.4 is 10.6 Å². The van der Waals surface area contributed by atoms with Gasteiger partial charge in [-0.15, -0.1) is 0 Å². The zero-order valence-electron chi connectivity index (χ0n) is 13.5. The maximum Gasteiger partial charge on any atom is 0.355 e. The average molecular weight is 343 g/mol. The van der Waals surface area contributed by atoms with Gasteiger partial charge in [-0.2, -0.15) is 0 Å². The molecule has 0 saturated carbocycles. The maximum absolute atomic E-state index is 12.2. The van der Waals surface area contributed by atoms with Gasteiger partial charge in [-0.1, -0.05) is 18.2 Å². The molecule has 0 aliphatic carbocycles. The number of aromatic amines is 1. The maximum atomic E-state index is 12.2. The van der Waals surface area contributed by atoms with Crippen LogP contribution in [-0.2, 0) is 14.3 Å². The number of carbonyl (C=O) groups excluding carboxylic acids is 3. The molecule has 3 rings (SSSR count). The van der Waals surface area contributed by atoms with Crippen LogP contribution in [0.1, 0.15) is 17.4 Å². The van der Waals surface area contributed by atoms with E-state index >= 15 is 0 Å². The van der Waals surface area contributed by atoms with Crippen LogP contribution in [0.15, 0.2) is 41.6 Å². The van der Waals surface area contributed by atoms with Gasteiger partial charge >= 0.3 is 18.0 Å². The molecule has 0 saturated heterocycles. The van der Waals surface area contributed by atoms with E-state index in [0.29, 0.717) is 5.69 Å². The first-order valence-electron chi connectivity index (χ1n) is 7.77. The Kier molecular flexibility index (Phi) is 4.69. The van der Waals surface area contributed by atoms with Gasteiger partial charge in [-0.25, -0.2) is 14.4 Å². The third-order valence-electron chi connectivity index (χ3n) is 3.67. The van der Waals surface area contributed by atoms with Crippen molar-refractivity contribution < 1.29 is 23.9 Å². The van der Waals surface area contributed by atoms with E-state index in [1.165, 1.54) is 0 Å². The van der Waals surface area contributed by atoms with Crippen molar-refractivity contribution in [2.45, 2.75) is 6.92 Å². The molecule has 8 nitrogen and oxygen atoms in total. The molecular formula is C17H17N3O5. The van der Waals surface area contributed by atoms with Gasteiger partial charge in [-0.3, -0.25) is 0 Å². The van der Waals surface area contributed by atoms with E-state index in [4.69, 9.17) is 9.47 Å². The Morgan fingerprint density at radius 3 is 2.72 bits per heavy atom. The van der Waals surface area contributed by atoms with Crippen molar-refractivity contribution in [3.8, 4) is 0 Å². The number of ether oxygens (including phenoxy) is 2. The molecule has 0 spiro atoms. The van der Waals surface area contributed by atoms with Crippen LogP contribution in [0.4, 0.5) is 4.79 Å². The largest absolute Gasteiger partial charge is 0.463 e. The Bertz CT molecular complexity index is 835. The molecule has 25 heavy (non-hydrogen) atoms. The number of hydrogen-bond donors (Lipinski definition) is 3. The molecule has 0 radical (unpaired) electrons. The molecule has 1 aliphatic heterocycles. The van der Waals surface area contributed by atoms with Crippen LogP contribution >= 0.6 is 0 Å². The van der Waals surface area contributed by atoms with Crippen LogP contribution in [0.3, 0.4) is 0 Å². The van der Waals surface area contributed by atoms with E-state index in [1.807, 2.05) is 24.3 Å². The van der Waals surface area contributed by atoms with Crippen molar-refractivity contribution in [3.05, 3.63) is 47.3 Å². The monoisotopic (exact) mass is 343 g/mol. The van der Waals surface area contributed by atoms with E-state index in [1.54, 1.807) is 13.0 Å². The first-order chi connectivity index (χ1) is 12.1. The topological polar surface area (TPSA) is 110 Å². The van der Waals surface area contributed by atoms with Crippen LogP contribution in [0.5, 0.6) is 0 Å². The number of urea groups is 1. The first kappa shape index (κ1) is 16.6. The highest BCUT2D eigenvalue weighted by molar-refractivity contribution is 5.96. The number of amides is 2. The van der Waals surface area contributed by atoms with Crippen molar-refractivity contribution >= 4 is 28.9 Å². The van der Waals surface area contributed by atoms with Crippen LogP contribution in [0.25, 0.3) is 10.9 Å². The normalized spacial score (nSPS) is 14.0. The fourth-order valence-electron chi connectivity index (χ4n) is 2.47. The quantitative estimate of drug-likeness (QED) is 0.712. The average Bonchev–Trinajstić information content (AvgIpc) is 3.04. The molecule has 0 atom stereocenters. The number of esters is 2. The number of benzene rings is 1. The second-order valence-corrected chi connectivity index (χ2v) is 5.33. The Balaban J connectivity index is 1.74. The van der Waals surface area contributed by atoms with Gasteiger partial charge in [0.2, 0.25) is 0 Å². The lowest BCUT2D eigenvalue weighted by atomic mass is 10.2. The molecule has 1 aliphatic rings. The van der Waals surface area contributed by atoms with E-state index in [9.17, 15) is 14.4 Å². The number of para-hydroxylation sites is 1. The first-order valence-corrected chi connectivity index (χ1v) is 7.77. The summed E-state index contributed by atoms with van der Waals surface area (Å²) < 4.78 is 10.2. The zero-order valence-corrected chi connectivity index (χ0v) is 13.5. The van der Waals surface area contributed by atoms with Gasteiger partial charge < -0.3 is 25.1 Å². The van der Waals surface area contributed by atoms with Crippen molar-refractivity contribution in [2.75, 3.05) is 19.8 Å². The summed E-state index contributed by atoms with van der Waals surface area (Å²) in [5.74, 6) is -1.15. The number of nitrogens with one attached hydrogen (secondary N) is 3. The van der Waals surface area contributed by atoms with Crippen LogP contribution in [0.2, 0.25) is 0 Å². The summed E-state index contributed by atoms with van der Waals surface area (Å²) in [5.41, 5.74) is 1.55. The summed E-state index contributed by atoms with van der Waals surface area (Å²) in [5, 5.41) is 5.85. The lowest BCUT2D eigenvalue weighted by Crippen LogP contribution is -2.45. The highest BCUT2D eigenvalue weighted by Gasteiger charge is 2.24. The summed E-state index contributed by atoms with van der Waals surface area (Å²) in [6.45, 7) is 1.67. The molecular weight excluding hydrogens is 326 g/mol. The van der Waals surface area contributed by atoms with Crippen LogP contribution in [0, 0.1) is 0 Å². The van der Waals surface area contributed by atoms with Crippen molar-refractivity contribution in [1.82, 2.24) is 15.6 Å². The minimum atomic E-state index is -0.584. The van der Waals surface area contributed by atoms with E-state index in [-0.39, 0.29) is 31.0 Å². The number of carbonyl (C=O) groups is 3. The highest BCUT2D eigenvalue weighted by Crippen LogP contribution is 2.16. The van der Waals surface area contributed by atoms with Crippen molar-refractivity contribution in [1.29, 1.82) is 0 Å². The standard InChI is InChI=1S/C17H17N3O5/c1-2-24-15(21)11-8-18-17(23)20-14(11)9-25-16(22)13-7-10-5-3-4-6-12(10)19-13/h3-7,19H,2,8-9H2,1H3,(H2,18,20,23). The van der Waals surface area contributed by atoms with Crippen molar-refractivity contribution in [3.63, 3.8) is 0 Å². The third kappa shape index (κ3) is 3.63. The lowest BCUT2D eigenvalue weighted by Gasteiger charge is -2.20. The van der Waals surface area contributed by atoms with Gasteiger partial charge in [0.15, 0.2) is 0 Å². The summed E-state index contributed by atoms with van der Waals surface area (Å²) in [6.07, 6.45) is 0. The van der Waals surface area contributed by atoms with Crippen LogP contribution in [-0.4, -0.2) is 42.7 Å². The molecule has 0 bridgehead atoms. The Morgan fingerprint density at radius 2 is 1.96 bits per heavy atom. The van der Waals surface area contributed by atoms with Crippen molar-refractivity contribution in [2.24, 2.45) is 0 Å². The second kappa shape index (κ2) is 7.08. The van der Waals surface area contributed by atoms with Gasteiger partial charge in [0.05, 0.1) is 24.4 Å². The fraction of sp³-hybridized carbons (Fsp3) is 0.235. The third-order valence-corrected chi connectivity index (χ3v) is 3.67. The molecule has 3 N–H and O–H groups in total. The summed E-state index contributed by atoms with van der Waals surface area (Å²) in [6, 6.07) is 8.66. The van der Waals surface area contributed by atoms with Gasteiger partial charge in [0, 0.05) is 10.9 Å². The zero-order chi connectivity index (χ0) is 17.8. The SMILES string of the molecule is CCOC(=O)C1=C(COC(=O)c2cc3ccccc3[nH]2)NC(=O)NC1. The Morgan fingerprint density at radius 1 is 1.16 bits per heavy atom. The Labute approximate surface area is 143 Å². The van der Waals surface area contributed by atoms with E-state index < -0.39 is 18.0 Å². The predicted molar refractivity (Wildman–Crippen MR) is 88.8 cm³/mol. The summed E-state index contributed by atoms with van der Waals surface area (Å²) in [4.78, 5) is 38.6. The summed E-state index contributed by atoms with van der Waals surface area (Å²) >= 11 is 0. The molecule has 2 amide bonds. The van der Waals surface area contributed by atoms with E-state index in [2.05, 4.69) is 15.6 Å². The van der Waals surface area contributed by atoms with Gasteiger partial charge in [0.1, 0.15) is 12.3 Å². The molecule has 1 aromatic heterocycles. The molecule has 1 aromatic carbocycles. The second-order valence-electron chi connectivity index (χ2n) is 5.33. The molecule has 0 unspecified atom stereocenters. The number of H-pyrrole nitrogens is 1. The minimum Gasteiger partial charge on any atom is -0.463 e. The molecule has 130 valence electrons.